The maximum absolute atomic E-state index is 11.6. The summed E-state index contributed by atoms with van der Waals surface area (Å²) in [6.07, 6.45) is 1.93. The lowest BCUT2D eigenvalue weighted by atomic mass is 10.1. The first kappa shape index (κ1) is 14.6. The number of urea groups is 1. The topological polar surface area (TPSA) is 59.0 Å². The number of hydrogen-bond donors (Lipinski definition) is 2. The van der Waals surface area contributed by atoms with Crippen molar-refractivity contribution in [1.82, 2.24) is 20.4 Å². The van der Waals surface area contributed by atoms with Gasteiger partial charge in [0, 0.05) is 18.3 Å². The quantitative estimate of drug-likeness (QED) is 0.910. The molecule has 2 amide bonds. The molecular weight excluding hydrogens is 272 g/mol. The van der Waals surface area contributed by atoms with Crippen molar-refractivity contribution >= 4 is 17.4 Å². The molecule has 108 valence electrons. The van der Waals surface area contributed by atoms with Crippen LogP contribution < -0.4 is 10.6 Å². The Morgan fingerprint density at radius 3 is 2.85 bits per heavy atom. The first-order chi connectivity index (χ1) is 9.44. The average Bonchev–Trinajstić information content (AvgIpc) is 2.96. The van der Waals surface area contributed by atoms with Gasteiger partial charge in [-0.15, -0.1) is 11.3 Å². The lowest BCUT2D eigenvalue weighted by molar-refractivity contribution is 0.231. The van der Waals surface area contributed by atoms with E-state index in [2.05, 4.69) is 15.7 Å². The fourth-order valence-electron chi connectivity index (χ4n) is 1.71. The van der Waals surface area contributed by atoms with Crippen LogP contribution in [0.2, 0.25) is 0 Å². The minimum atomic E-state index is -0.220. The summed E-state index contributed by atoms with van der Waals surface area (Å²) in [6, 6.07) is 5.90. The van der Waals surface area contributed by atoms with Crippen LogP contribution in [-0.4, -0.2) is 27.9 Å². The second-order valence-corrected chi connectivity index (χ2v) is 6.52. The predicted molar refractivity (Wildman–Crippen MR) is 81.8 cm³/mol. The van der Waals surface area contributed by atoms with E-state index in [1.165, 1.54) is 0 Å². The van der Waals surface area contributed by atoms with Gasteiger partial charge in [0.1, 0.15) is 5.69 Å². The third-order valence-corrected chi connectivity index (χ3v) is 3.42. The molecule has 5 nitrogen and oxygen atoms in total. The summed E-state index contributed by atoms with van der Waals surface area (Å²) in [5, 5.41) is 12.2. The monoisotopic (exact) mass is 292 g/mol. The van der Waals surface area contributed by atoms with E-state index in [9.17, 15) is 4.79 Å². The van der Waals surface area contributed by atoms with Gasteiger partial charge in [-0.25, -0.2) is 4.79 Å². The van der Waals surface area contributed by atoms with Gasteiger partial charge in [0.2, 0.25) is 0 Å². The van der Waals surface area contributed by atoms with Crippen LogP contribution in [0.25, 0.3) is 10.6 Å². The molecule has 2 N–H and O–H groups in total. The number of hydrogen-bond acceptors (Lipinski definition) is 3. The maximum atomic E-state index is 11.6. The fraction of sp³-hybridized carbons (Fsp3) is 0.429. The van der Waals surface area contributed by atoms with Crippen molar-refractivity contribution in [3.8, 4) is 10.6 Å². The molecule has 0 aliphatic heterocycles. The van der Waals surface area contributed by atoms with Crippen LogP contribution in [0.1, 0.15) is 20.8 Å². The number of nitrogens with one attached hydrogen (secondary N) is 2. The molecule has 20 heavy (non-hydrogen) atoms. The second-order valence-electron chi connectivity index (χ2n) is 5.57. The standard InChI is InChI=1S/C14H20N4OS/c1-14(2,3)16-13(19)15-7-9-18-8-6-11(17-18)12-5-4-10-20-12/h4-6,8,10H,7,9H2,1-3H3,(H2,15,16,19). The molecule has 0 aliphatic carbocycles. The van der Waals surface area contributed by atoms with Crippen LogP contribution in [-0.2, 0) is 6.54 Å². The zero-order valence-corrected chi connectivity index (χ0v) is 12.8. The smallest absolute Gasteiger partial charge is 0.315 e. The van der Waals surface area contributed by atoms with E-state index in [1.54, 1.807) is 11.3 Å². The summed E-state index contributed by atoms with van der Waals surface area (Å²) in [5.74, 6) is 0. The fourth-order valence-corrected chi connectivity index (χ4v) is 2.40. The molecule has 0 radical (unpaired) electrons. The molecule has 0 spiro atoms. The van der Waals surface area contributed by atoms with Crippen LogP contribution in [0, 0.1) is 0 Å². The van der Waals surface area contributed by atoms with E-state index in [0.29, 0.717) is 13.1 Å². The lowest BCUT2D eigenvalue weighted by Gasteiger charge is -2.20. The Hall–Kier alpha value is -1.82. The molecule has 0 saturated carbocycles. The van der Waals surface area contributed by atoms with Gasteiger partial charge in [-0.05, 0) is 38.3 Å². The van der Waals surface area contributed by atoms with Crippen LogP contribution in [0.3, 0.4) is 0 Å². The minimum Gasteiger partial charge on any atom is -0.336 e. The van der Waals surface area contributed by atoms with E-state index < -0.39 is 0 Å². The molecule has 2 rings (SSSR count). The highest BCUT2D eigenvalue weighted by atomic mass is 32.1. The molecular formula is C14H20N4OS. The molecule has 0 fully saturated rings. The zero-order chi connectivity index (χ0) is 14.6. The van der Waals surface area contributed by atoms with Gasteiger partial charge < -0.3 is 10.6 Å². The van der Waals surface area contributed by atoms with Crippen molar-refractivity contribution < 1.29 is 4.79 Å². The van der Waals surface area contributed by atoms with E-state index in [0.717, 1.165) is 10.6 Å². The van der Waals surface area contributed by atoms with Gasteiger partial charge in [-0.3, -0.25) is 4.68 Å². The molecule has 6 heteroatoms. The highest BCUT2D eigenvalue weighted by Crippen LogP contribution is 2.22. The number of aromatic nitrogens is 2. The van der Waals surface area contributed by atoms with E-state index in [-0.39, 0.29) is 11.6 Å². The van der Waals surface area contributed by atoms with E-state index in [1.807, 2.05) is 55.2 Å². The number of nitrogens with zero attached hydrogens (tertiary/aromatic N) is 2. The highest BCUT2D eigenvalue weighted by Gasteiger charge is 2.12. The first-order valence-electron chi connectivity index (χ1n) is 6.57. The number of carbonyl (C=O) groups is 1. The van der Waals surface area contributed by atoms with Crippen LogP contribution in [0.4, 0.5) is 4.79 Å². The van der Waals surface area contributed by atoms with Crippen LogP contribution in [0.15, 0.2) is 29.8 Å². The molecule has 0 atom stereocenters. The van der Waals surface area contributed by atoms with Gasteiger partial charge in [0.25, 0.3) is 0 Å². The van der Waals surface area contributed by atoms with Gasteiger partial charge in [0.15, 0.2) is 0 Å². The molecule has 2 aromatic heterocycles. The largest absolute Gasteiger partial charge is 0.336 e. The predicted octanol–water partition coefficient (Wildman–Crippen LogP) is 2.71. The second kappa shape index (κ2) is 6.09. The van der Waals surface area contributed by atoms with Crippen molar-refractivity contribution in [1.29, 1.82) is 0 Å². The van der Waals surface area contributed by atoms with Crippen LogP contribution in [0.5, 0.6) is 0 Å². The Labute approximate surface area is 123 Å². The third kappa shape index (κ3) is 4.38. The number of rotatable bonds is 4. The Kier molecular flexibility index (Phi) is 4.44. The molecule has 0 unspecified atom stereocenters. The molecule has 2 aromatic rings. The SMILES string of the molecule is CC(C)(C)NC(=O)NCCn1ccc(-c2cccs2)n1. The Bertz CT molecular complexity index is 554. The molecule has 0 saturated heterocycles. The van der Waals surface area contributed by atoms with E-state index in [4.69, 9.17) is 0 Å². The third-order valence-electron chi connectivity index (χ3n) is 2.53. The van der Waals surface area contributed by atoms with Gasteiger partial charge in [-0.1, -0.05) is 6.07 Å². The van der Waals surface area contributed by atoms with Crippen molar-refractivity contribution in [2.24, 2.45) is 0 Å². The summed E-state index contributed by atoms with van der Waals surface area (Å²) in [6.45, 7) is 7.06. The summed E-state index contributed by atoms with van der Waals surface area (Å²) in [5.41, 5.74) is 0.751. The number of amides is 2. The Morgan fingerprint density at radius 1 is 1.40 bits per heavy atom. The van der Waals surface area contributed by atoms with Crippen molar-refractivity contribution in [3.63, 3.8) is 0 Å². The first-order valence-corrected chi connectivity index (χ1v) is 7.45. The van der Waals surface area contributed by atoms with Crippen LogP contribution >= 0.6 is 11.3 Å². The van der Waals surface area contributed by atoms with Gasteiger partial charge in [-0.2, -0.15) is 5.10 Å². The van der Waals surface area contributed by atoms with Gasteiger partial charge in [0.05, 0.1) is 11.4 Å². The maximum Gasteiger partial charge on any atom is 0.315 e. The number of carbonyl (C=O) groups excluding carboxylic acids is 1. The molecule has 0 bridgehead atoms. The highest BCUT2D eigenvalue weighted by molar-refractivity contribution is 7.13. The number of thiophene rings is 1. The lowest BCUT2D eigenvalue weighted by Crippen LogP contribution is -2.47. The van der Waals surface area contributed by atoms with Gasteiger partial charge >= 0.3 is 6.03 Å². The molecule has 0 aromatic carbocycles. The zero-order valence-electron chi connectivity index (χ0n) is 12.0. The average molecular weight is 292 g/mol. The summed E-state index contributed by atoms with van der Waals surface area (Å²) < 4.78 is 1.84. The molecule has 0 aliphatic rings. The van der Waals surface area contributed by atoms with Crippen molar-refractivity contribution in [3.05, 3.63) is 29.8 Å². The summed E-state index contributed by atoms with van der Waals surface area (Å²) in [4.78, 5) is 12.7. The van der Waals surface area contributed by atoms with Crippen molar-refractivity contribution in [2.45, 2.75) is 32.9 Å². The Morgan fingerprint density at radius 2 is 2.20 bits per heavy atom. The van der Waals surface area contributed by atoms with Crippen molar-refractivity contribution in [2.75, 3.05) is 6.54 Å². The summed E-state index contributed by atoms with van der Waals surface area (Å²) >= 11 is 1.67. The van der Waals surface area contributed by atoms with E-state index >= 15 is 0 Å². The normalized spacial score (nSPS) is 11.3. The minimum absolute atomic E-state index is 0.150. The molecule has 2 heterocycles. The summed E-state index contributed by atoms with van der Waals surface area (Å²) in [7, 11) is 0. The Balaban J connectivity index is 1.79.